The number of hydrogen-bond donors (Lipinski definition) is 0. The lowest BCUT2D eigenvalue weighted by molar-refractivity contribution is -0.150. The molecular weight excluding hydrogens is 182 g/mol. The molecule has 2 saturated heterocycles. The highest BCUT2D eigenvalue weighted by molar-refractivity contribution is 5.92. The van der Waals surface area contributed by atoms with Crippen LogP contribution in [0.5, 0.6) is 0 Å². The van der Waals surface area contributed by atoms with Gasteiger partial charge in [0.25, 0.3) is 0 Å². The van der Waals surface area contributed by atoms with Crippen LogP contribution in [0.2, 0.25) is 0 Å². The van der Waals surface area contributed by atoms with Crippen molar-refractivity contribution in [3.05, 3.63) is 0 Å². The van der Waals surface area contributed by atoms with Gasteiger partial charge in [0, 0.05) is 13.0 Å². The zero-order valence-corrected chi connectivity index (χ0v) is 8.36. The molecule has 2 rings (SSSR count). The fraction of sp³-hybridized carbons (Fsp3) is 0.800. The number of ketones is 1. The number of esters is 1. The first-order chi connectivity index (χ1) is 6.74. The standard InChI is InChI=1S/C10H15NO3/c1-2-14-10(13)7-3-5-11-6-4-8(12)9(7)11/h7,9H,2-6H2,1H3/t7-,9-/m0/s1. The van der Waals surface area contributed by atoms with Crippen LogP contribution in [0.4, 0.5) is 0 Å². The van der Waals surface area contributed by atoms with Crippen molar-refractivity contribution in [3.8, 4) is 0 Å². The molecule has 0 aromatic rings. The van der Waals surface area contributed by atoms with Gasteiger partial charge in [-0.05, 0) is 19.9 Å². The first-order valence-electron chi connectivity index (χ1n) is 5.17. The van der Waals surface area contributed by atoms with Gasteiger partial charge < -0.3 is 4.74 Å². The summed E-state index contributed by atoms with van der Waals surface area (Å²) in [4.78, 5) is 25.2. The Kier molecular flexibility index (Phi) is 2.54. The number of carbonyl (C=O) groups is 2. The summed E-state index contributed by atoms with van der Waals surface area (Å²) in [7, 11) is 0. The third-order valence-electron chi connectivity index (χ3n) is 3.07. The number of nitrogens with zero attached hydrogens (tertiary/aromatic N) is 1. The van der Waals surface area contributed by atoms with Crippen molar-refractivity contribution in [2.75, 3.05) is 19.7 Å². The molecule has 0 saturated carbocycles. The van der Waals surface area contributed by atoms with E-state index in [2.05, 4.69) is 4.90 Å². The lowest BCUT2D eigenvalue weighted by Gasteiger charge is -2.17. The van der Waals surface area contributed by atoms with Crippen molar-refractivity contribution < 1.29 is 14.3 Å². The molecule has 0 aromatic carbocycles. The normalized spacial score (nSPS) is 31.9. The number of carbonyl (C=O) groups excluding carboxylic acids is 2. The average molecular weight is 197 g/mol. The van der Waals surface area contributed by atoms with Gasteiger partial charge >= 0.3 is 5.97 Å². The van der Waals surface area contributed by atoms with E-state index in [0.717, 1.165) is 19.5 Å². The highest BCUT2D eigenvalue weighted by Gasteiger charge is 2.46. The molecule has 0 unspecified atom stereocenters. The first kappa shape index (κ1) is 9.65. The minimum Gasteiger partial charge on any atom is -0.466 e. The Balaban J connectivity index is 2.06. The fourth-order valence-corrected chi connectivity index (χ4v) is 2.43. The zero-order chi connectivity index (χ0) is 10.1. The molecule has 0 amide bonds. The minimum atomic E-state index is -0.204. The third-order valence-corrected chi connectivity index (χ3v) is 3.07. The van der Waals surface area contributed by atoms with E-state index in [-0.39, 0.29) is 23.7 Å². The zero-order valence-electron chi connectivity index (χ0n) is 8.36. The summed E-state index contributed by atoms with van der Waals surface area (Å²) in [5.74, 6) is -0.194. The topological polar surface area (TPSA) is 46.6 Å². The molecule has 2 atom stereocenters. The van der Waals surface area contributed by atoms with Gasteiger partial charge in [-0.15, -0.1) is 0 Å². The first-order valence-corrected chi connectivity index (χ1v) is 5.17. The van der Waals surface area contributed by atoms with E-state index in [1.807, 2.05) is 0 Å². The Morgan fingerprint density at radius 1 is 1.57 bits per heavy atom. The maximum absolute atomic E-state index is 11.5. The van der Waals surface area contributed by atoms with E-state index < -0.39 is 0 Å². The summed E-state index contributed by atoms with van der Waals surface area (Å²) in [6.07, 6.45) is 1.37. The Labute approximate surface area is 83.2 Å². The second kappa shape index (κ2) is 3.69. The summed E-state index contributed by atoms with van der Waals surface area (Å²) in [5.41, 5.74) is 0. The van der Waals surface area contributed by atoms with Gasteiger partial charge in [-0.1, -0.05) is 0 Å². The number of ether oxygens (including phenoxy) is 1. The van der Waals surface area contributed by atoms with Crippen molar-refractivity contribution >= 4 is 11.8 Å². The van der Waals surface area contributed by atoms with E-state index in [9.17, 15) is 9.59 Å². The van der Waals surface area contributed by atoms with Crippen molar-refractivity contribution in [1.82, 2.24) is 4.90 Å². The van der Waals surface area contributed by atoms with Crippen LogP contribution in [0.25, 0.3) is 0 Å². The fourth-order valence-electron chi connectivity index (χ4n) is 2.43. The lowest BCUT2D eigenvalue weighted by atomic mass is 9.98. The van der Waals surface area contributed by atoms with Crippen molar-refractivity contribution in [2.45, 2.75) is 25.8 Å². The molecule has 0 radical (unpaired) electrons. The molecule has 0 spiro atoms. The van der Waals surface area contributed by atoms with Crippen molar-refractivity contribution in [3.63, 3.8) is 0 Å². The van der Waals surface area contributed by atoms with Gasteiger partial charge in [-0.2, -0.15) is 0 Å². The summed E-state index contributed by atoms with van der Waals surface area (Å²) < 4.78 is 4.96. The number of rotatable bonds is 2. The van der Waals surface area contributed by atoms with Gasteiger partial charge in [-0.3, -0.25) is 14.5 Å². The summed E-state index contributed by atoms with van der Waals surface area (Å²) >= 11 is 0. The maximum Gasteiger partial charge on any atom is 0.311 e. The molecule has 0 bridgehead atoms. The van der Waals surface area contributed by atoms with Crippen molar-refractivity contribution in [2.24, 2.45) is 5.92 Å². The van der Waals surface area contributed by atoms with Crippen LogP contribution in [-0.4, -0.2) is 42.4 Å². The van der Waals surface area contributed by atoms with E-state index >= 15 is 0 Å². The Hall–Kier alpha value is -0.900. The summed E-state index contributed by atoms with van der Waals surface area (Å²) in [5, 5.41) is 0. The molecule has 4 heteroatoms. The predicted octanol–water partition coefficient (Wildman–Crippen LogP) is 0.213. The molecule has 0 N–H and O–H groups in total. The Bertz CT molecular complexity index is 264. The van der Waals surface area contributed by atoms with Crippen LogP contribution in [0.15, 0.2) is 0 Å². The molecule has 14 heavy (non-hydrogen) atoms. The molecule has 0 aliphatic carbocycles. The third kappa shape index (κ3) is 1.43. The Morgan fingerprint density at radius 2 is 2.36 bits per heavy atom. The predicted molar refractivity (Wildman–Crippen MR) is 49.7 cm³/mol. The molecular formula is C10H15NO3. The van der Waals surface area contributed by atoms with Crippen LogP contribution < -0.4 is 0 Å². The van der Waals surface area contributed by atoms with Crippen molar-refractivity contribution in [1.29, 1.82) is 0 Å². The van der Waals surface area contributed by atoms with Crippen LogP contribution in [0, 0.1) is 5.92 Å². The number of fused-ring (bicyclic) bond motifs is 1. The van der Waals surface area contributed by atoms with Gasteiger partial charge in [0.2, 0.25) is 0 Å². The Morgan fingerprint density at radius 3 is 3.07 bits per heavy atom. The van der Waals surface area contributed by atoms with Gasteiger partial charge in [0.15, 0.2) is 5.78 Å². The minimum absolute atomic E-state index is 0.172. The molecule has 2 fully saturated rings. The smallest absolute Gasteiger partial charge is 0.311 e. The molecule has 2 aliphatic heterocycles. The molecule has 2 aliphatic rings. The van der Waals surface area contributed by atoms with E-state index in [1.165, 1.54) is 0 Å². The highest BCUT2D eigenvalue weighted by Crippen LogP contribution is 2.31. The molecule has 0 aromatic heterocycles. The largest absolute Gasteiger partial charge is 0.466 e. The second-order valence-electron chi connectivity index (χ2n) is 3.84. The molecule has 2 heterocycles. The van der Waals surface area contributed by atoms with Crippen LogP contribution in [0.1, 0.15) is 19.8 Å². The quantitative estimate of drug-likeness (QED) is 0.594. The SMILES string of the molecule is CCOC(=O)[C@H]1CCN2CCC(=O)[C@H]12. The van der Waals surface area contributed by atoms with Gasteiger partial charge in [0.1, 0.15) is 0 Å². The number of hydrogen-bond acceptors (Lipinski definition) is 4. The average Bonchev–Trinajstić information content (AvgIpc) is 2.70. The van der Waals surface area contributed by atoms with E-state index in [0.29, 0.717) is 13.0 Å². The van der Waals surface area contributed by atoms with E-state index in [1.54, 1.807) is 6.92 Å². The van der Waals surface area contributed by atoms with Gasteiger partial charge in [-0.25, -0.2) is 0 Å². The van der Waals surface area contributed by atoms with Crippen LogP contribution >= 0.6 is 0 Å². The van der Waals surface area contributed by atoms with Crippen LogP contribution in [-0.2, 0) is 14.3 Å². The monoisotopic (exact) mass is 197 g/mol. The highest BCUT2D eigenvalue weighted by atomic mass is 16.5. The summed E-state index contributed by atoms with van der Waals surface area (Å²) in [6.45, 7) is 3.87. The maximum atomic E-state index is 11.5. The lowest BCUT2D eigenvalue weighted by Crippen LogP contribution is -2.35. The van der Waals surface area contributed by atoms with Crippen LogP contribution in [0.3, 0.4) is 0 Å². The van der Waals surface area contributed by atoms with Gasteiger partial charge in [0.05, 0.1) is 18.6 Å². The summed E-state index contributed by atoms with van der Waals surface area (Å²) in [6, 6.07) is -0.172. The van der Waals surface area contributed by atoms with E-state index in [4.69, 9.17) is 4.74 Å². The number of Topliss-reactive ketones (excluding diaryl/α,β-unsaturated/α-hetero) is 1. The second-order valence-corrected chi connectivity index (χ2v) is 3.84. The molecule has 4 nitrogen and oxygen atoms in total. The molecule has 78 valence electrons.